The predicted octanol–water partition coefficient (Wildman–Crippen LogP) is 6.77. The van der Waals surface area contributed by atoms with Crippen LogP contribution in [0.15, 0.2) is 12.2 Å². The molecular weight excluding hydrogens is 464 g/mol. The van der Waals surface area contributed by atoms with Gasteiger partial charge in [0.2, 0.25) is 0 Å². The number of carboxylic acids is 4. The molecule has 0 spiro atoms. The van der Waals surface area contributed by atoms with Crippen LogP contribution in [0, 0.1) is 17.8 Å². The van der Waals surface area contributed by atoms with Crippen molar-refractivity contribution in [2.45, 2.75) is 122 Å². The molecule has 4 N–H and O–H groups in total. The van der Waals surface area contributed by atoms with Gasteiger partial charge < -0.3 is 20.4 Å². The van der Waals surface area contributed by atoms with Crippen LogP contribution in [0.1, 0.15) is 122 Å². The standard InChI is InChI=1S/C28H48O8/c1-2-3-4-5-6-7-8-9-10-11-12-13-14-15-16-17-18-19-22(20-23(25(29)30)26(31)32)21-24(27(33)34)28(35)36/h10-11,22-24H,2-9,12-21H2,1H3,(H,29,30)(H,31,32)(H,33,34)(H,35,36). The Bertz CT molecular complexity index is 596. The molecule has 0 aromatic rings. The van der Waals surface area contributed by atoms with E-state index in [-0.39, 0.29) is 12.8 Å². The number of aliphatic carboxylic acids is 4. The zero-order valence-electron chi connectivity index (χ0n) is 22.0. The van der Waals surface area contributed by atoms with Crippen molar-refractivity contribution in [3.63, 3.8) is 0 Å². The van der Waals surface area contributed by atoms with Crippen LogP contribution in [-0.4, -0.2) is 44.3 Å². The first kappa shape index (κ1) is 33.6. The first-order valence-corrected chi connectivity index (χ1v) is 13.8. The van der Waals surface area contributed by atoms with Gasteiger partial charge in [-0.05, 0) is 44.4 Å². The molecule has 0 aliphatic carbocycles. The van der Waals surface area contributed by atoms with Gasteiger partial charge in [0.25, 0.3) is 0 Å². The van der Waals surface area contributed by atoms with E-state index in [2.05, 4.69) is 19.1 Å². The van der Waals surface area contributed by atoms with Crippen molar-refractivity contribution in [1.29, 1.82) is 0 Å². The van der Waals surface area contributed by atoms with Gasteiger partial charge in [0.1, 0.15) is 0 Å². The largest absolute Gasteiger partial charge is 0.481 e. The number of unbranched alkanes of at least 4 members (excludes halogenated alkanes) is 13. The first-order chi connectivity index (χ1) is 17.2. The number of carbonyl (C=O) groups is 4. The number of carboxylic acid groups (broad SMARTS) is 4. The third-order valence-electron chi connectivity index (χ3n) is 6.70. The maximum absolute atomic E-state index is 11.2. The molecular formula is C28H48O8. The van der Waals surface area contributed by atoms with Crippen molar-refractivity contribution in [3.05, 3.63) is 12.2 Å². The fourth-order valence-electron chi connectivity index (χ4n) is 4.47. The molecule has 208 valence electrons. The summed E-state index contributed by atoms with van der Waals surface area (Å²) in [6.07, 6.45) is 21.8. The minimum atomic E-state index is -1.67. The summed E-state index contributed by atoms with van der Waals surface area (Å²) < 4.78 is 0. The molecule has 0 saturated heterocycles. The zero-order valence-corrected chi connectivity index (χ0v) is 22.0. The number of hydrogen-bond acceptors (Lipinski definition) is 4. The molecule has 0 aromatic heterocycles. The molecule has 8 nitrogen and oxygen atoms in total. The molecule has 8 heteroatoms. The van der Waals surface area contributed by atoms with E-state index in [0.29, 0.717) is 12.8 Å². The SMILES string of the molecule is CCCCCCCCCC=CCCCCCCCCC(CC(C(=O)O)C(=O)O)CC(C(=O)O)C(=O)O. The van der Waals surface area contributed by atoms with Gasteiger partial charge in [0.15, 0.2) is 11.8 Å². The fraction of sp³-hybridized carbons (Fsp3) is 0.786. The average Bonchev–Trinajstić information content (AvgIpc) is 2.81. The summed E-state index contributed by atoms with van der Waals surface area (Å²) in [6, 6.07) is 0. The van der Waals surface area contributed by atoms with Crippen LogP contribution in [0.2, 0.25) is 0 Å². The lowest BCUT2D eigenvalue weighted by Gasteiger charge is -2.21. The molecule has 0 aliphatic rings. The molecule has 0 atom stereocenters. The molecule has 0 fully saturated rings. The Labute approximate surface area is 216 Å². The topological polar surface area (TPSA) is 149 Å². The van der Waals surface area contributed by atoms with Gasteiger partial charge in [-0.25, -0.2) is 0 Å². The second kappa shape index (κ2) is 21.9. The van der Waals surface area contributed by atoms with E-state index in [0.717, 1.165) is 44.9 Å². The second-order valence-corrected chi connectivity index (χ2v) is 9.88. The van der Waals surface area contributed by atoms with Crippen LogP contribution in [0.3, 0.4) is 0 Å². The van der Waals surface area contributed by atoms with E-state index >= 15 is 0 Å². The monoisotopic (exact) mass is 512 g/mol. The Morgan fingerprint density at radius 3 is 1.22 bits per heavy atom. The molecule has 0 saturated carbocycles. The smallest absolute Gasteiger partial charge is 0.317 e. The third kappa shape index (κ3) is 18.0. The zero-order chi connectivity index (χ0) is 27.2. The number of allylic oxidation sites excluding steroid dienone is 2. The lowest BCUT2D eigenvalue weighted by Crippen LogP contribution is -2.30. The van der Waals surface area contributed by atoms with Crippen LogP contribution in [-0.2, 0) is 19.2 Å². The number of rotatable bonds is 25. The molecule has 0 amide bonds. The highest BCUT2D eigenvalue weighted by Gasteiger charge is 2.34. The third-order valence-corrected chi connectivity index (χ3v) is 6.70. The van der Waals surface area contributed by atoms with Crippen molar-refractivity contribution < 1.29 is 39.6 Å². The Kier molecular flexibility index (Phi) is 20.4. The van der Waals surface area contributed by atoms with Crippen molar-refractivity contribution in [1.82, 2.24) is 0 Å². The Hall–Kier alpha value is -2.38. The van der Waals surface area contributed by atoms with Crippen LogP contribution in [0.5, 0.6) is 0 Å². The van der Waals surface area contributed by atoms with Crippen molar-refractivity contribution >= 4 is 23.9 Å². The van der Waals surface area contributed by atoms with E-state index in [1.165, 1.54) is 44.9 Å². The van der Waals surface area contributed by atoms with Gasteiger partial charge in [-0.15, -0.1) is 0 Å². The summed E-state index contributed by atoms with van der Waals surface area (Å²) in [5, 5.41) is 36.6. The van der Waals surface area contributed by atoms with Crippen molar-refractivity contribution in [2.24, 2.45) is 17.8 Å². The molecule has 0 radical (unpaired) electrons. The Morgan fingerprint density at radius 1 is 0.528 bits per heavy atom. The Balaban J connectivity index is 4.14. The fourth-order valence-corrected chi connectivity index (χ4v) is 4.47. The quantitative estimate of drug-likeness (QED) is 0.0594. The molecule has 36 heavy (non-hydrogen) atoms. The van der Waals surface area contributed by atoms with E-state index in [1.807, 2.05) is 0 Å². The summed E-state index contributed by atoms with van der Waals surface area (Å²) in [7, 11) is 0. The van der Waals surface area contributed by atoms with Gasteiger partial charge in [-0.2, -0.15) is 0 Å². The maximum Gasteiger partial charge on any atom is 0.317 e. The van der Waals surface area contributed by atoms with Gasteiger partial charge in [-0.3, -0.25) is 19.2 Å². The predicted molar refractivity (Wildman–Crippen MR) is 139 cm³/mol. The molecule has 0 heterocycles. The van der Waals surface area contributed by atoms with Gasteiger partial charge >= 0.3 is 23.9 Å². The molecule has 0 rings (SSSR count). The summed E-state index contributed by atoms with van der Waals surface area (Å²) in [4.78, 5) is 45.0. The molecule has 0 aliphatic heterocycles. The summed E-state index contributed by atoms with van der Waals surface area (Å²) >= 11 is 0. The van der Waals surface area contributed by atoms with Crippen LogP contribution in [0.4, 0.5) is 0 Å². The van der Waals surface area contributed by atoms with Gasteiger partial charge in [0, 0.05) is 0 Å². The minimum absolute atomic E-state index is 0.271. The summed E-state index contributed by atoms with van der Waals surface area (Å²) in [5.41, 5.74) is 0. The summed E-state index contributed by atoms with van der Waals surface area (Å²) in [5.74, 6) is -9.91. The number of hydrogen-bond donors (Lipinski definition) is 4. The molecule has 0 unspecified atom stereocenters. The van der Waals surface area contributed by atoms with E-state index in [4.69, 9.17) is 20.4 Å². The van der Waals surface area contributed by atoms with Crippen molar-refractivity contribution in [3.8, 4) is 0 Å². The van der Waals surface area contributed by atoms with Gasteiger partial charge in [-0.1, -0.05) is 96.1 Å². The van der Waals surface area contributed by atoms with Crippen LogP contribution in [0.25, 0.3) is 0 Å². The first-order valence-electron chi connectivity index (χ1n) is 13.8. The van der Waals surface area contributed by atoms with E-state index in [1.54, 1.807) is 0 Å². The van der Waals surface area contributed by atoms with Gasteiger partial charge in [0.05, 0.1) is 0 Å². The molecule has 0 aromatic carbocycles. The van der Waals surface area contributed by atoms with Crippen molar-refractivity contribution in [2.75, 3.05) is 0 Å². The highest BCUT2D eigenvalue weighted by molar-refractivity contribution is 5.93. The highest BCUT2D eigenvalue weighted by Crippen LogP contribution is 2.27. The minimum Gasteiger partial charge on any atom is -0.481 e. The highest BCUT2D eigenvalue weighted by atomic mass is 16.4. The maximum atomic E-state index is 11.2. The lowest BCUT2D eigenvalue weighted by atomic mass is 9.83. The van der Waals surface area contributed by atoms with Crippen LogP contribution >= 0.6 is 0 Å². The molecule has 0 bridgehead atoms. The normalized spacial score (nSPS) is 11.7. The Morgan fingerprint density at radius 2 is 0.861 bits per heavy atom. The lowest BCUT2D eigenvalue weighted by molar-refractivity contribution is -0.155. The van der Waals surface area contributed by atoms with Crippen LogP contribution < -0.4 is 0 Å². The van der Waals surface area contributed by atoms with E-state index in [9.17, 15) is 19.2 Å². The van der Waals surface area contributed by atoms with E-state index < -0.39 is 41.6 Å². The second-order valence-electron chi connectivity index (χ2n) is 9.88. The average molecular weight is 513 g/mol. The summed E-state index contributed by atoms with van der Waals surface area (Å²) in [6.45, 7) is 2.23.